The number of carbonyl (C=O) groups excluding carboxylic acids is 1. The van der Waals surface area contributed by atoms with Gasteiger partial charge in [0.25, 0.3) is 0 Å². The molecule has 0 bridgehead atoms. The summed E-state index contributed by atoms with van der Waals surface area (Å²) < 4.78 is 39.1. The van der Waals surface area contributed by atoms with Gasteiger partial charge < -0.3 is 9.47 Å². The Morgan fingerprint density at radius 2 is 1.92 bits per heavy atom. The van der Waals surface area contributed by atoms with Gasteiger partial charge in [-0.3, -0.25) is 4.79 Å². The van der Waals surface area contributed by atoms with Gasteiger partial charge in [0.05, 0.1) is 6.04 Å². The van der Waals surface area contributed by atoms with Gasteiger partial charge in [0.15, 0.2) is 0 Å². The largest absolute Gasteiger partial charge is 0.446 e. The van der Waals surface area contributed by atoms with Crippen LogP contribution in [-0.2, 0) is 11.3 Å². The highest BCUT2D eigenvalue weighted by Gasteiger charge is 2.29. The highest BCUT2D eigenvalue weighted by molar-refractivity contribution is 8.00. The number of carbonyl (C=O) groups is 1. The molecule has 2 heterocycles. The number of halogens is 3. The molecule has 0 N–H and O–H groups in total. The number of nitrogens with zero attached hydrogens (tertiary/aromatic N) is 2. The number of thioether (sulfide) groups is 1. The molecule has 1 amide bonds. The zero-order chi connectivity index (χ0) is 18.0. The molecule has 1 aromatic carbocycles. The van der Waals surface area contributed by atoms with Gasteiger partial charge >= 0.3 is 5.51 Å². The van der Waals surface area contributed by atoms with Crippen LogP contribution < -0.4 is 0 Å². The minimum atomic E-state index is -4.30. The molecule has 2 aromatic rings. The van der Waals surface area contributed by atoms with Gasteiger partial charge in [0.2, 0.25) is 5.91 Å². The Morgan fingerprint density at radius 3 is 2.60 bits per heavy atom. The Hall–Kier alpha value is -2.15. The standard InChI is InChI=1S/C18H17F3N2OS/c1-13-16-3-2-10-22(16)11-12-23(13)17(24)9-6-14-4-7-15(8-5-14)25-18(19,20)21/h2-10,13H,11-12H2,1H3. The molecule has 3 rings (SSSR count). The second-order valence-corrected chi connectivity index (χ2v) is 6.92. The van der Waals surface area contributed by atoms with E-state index >= 15 is 0 Å². The fourth-order valence-corrected chi connectivity index (χ4v) is 3.46. The molecule has 1 unspecified atom stereocenters. The van der Waals surface area contributed by atoms with Crippen LogP contribution in [0.5, 0.6) is 0 Å². The number of benzene rings is 1. The van der Waals surface area contributed by atoms with Crippen molar-refractivity contribution in [2.45, 2.75) is 29.9 Å². The van der Waals surface area contributed by atoms with Crippen molar-refractivity contribution < 1.29 is 18.0 Å². The number of hydrogen-bond donors (Lipinski definition) is 0. The van der Waals surface area contributed by atoms with Gasteiger partial charge in [-0.15, -0.1) is 0 Å². The Morgan fingerprint density at radius 1 is 1.20 bits per heavy atom. The van der Waals surface area contributed by atoms with Crippen LogP contribution >= 0.6 is 11.8 Å². The van der Waals surface area contributed by atoms with E-state index in [1.807, 2.05) is 25.3 Å². The van der Waals surface area contributed by atoms with E-state index < -0.39 is 5.51 Å². The normalized spacial score (nSPS) is 17.8. The molecule has 0 fully saturated rings. The smallest absolute Gasteiger partial charge is 0.348 e. The lowest BCUT2D eigenvalue weighted by atomic mass is 10.1. The molecule has 7 heteroatoms. The summed E-state index contributed by atoms with van der Waals surface area (Å²) in [6.07, 6.45) is 5.11. The van der Waals surface area contributed by atoms with Crippen molar-refractivity contribution in [2.24, 2.45) is 0 Å². The van der Waals surface area contributed by atoms with Crippen LogP contribution in [0.3, 0.4) is 0 Å². The van der Waals surface area contributed by atoms with E-state index in [0.717, 1.165) is 12.2 Å². The van der Waals surface area contributed by atoms with Crippen LogP contribution in [0.25, 0.3) is 6.08 Å². The lowest BCUT2D eigenvalue weighted by molar-refractivity contribution is -0.129. The zero-order valence-corrected chi connectivity index (χ0v) is 14.3. The number of hydrogen-bond acceptors (Lipinski definition) is 2. The molecule has 132 valence electrons. The van der Waals surface area contributed by atoms with Gasteiger partial charge in [0.1, 0.15) is 0 Å². The topological polar surface area (TPSA) is 25.2 Å². The fourth-order valence-electron chi connectivity index (χ4n) is 2.92. The summed E-state index contributed by atoms with van der Waals surface area (Å²) in [7, 11) is 0. The zero-order valence-electron chi connectivity index (χ0n) is 13.5. The third-order valence-electron chi connectivity index (χ3n) is 4.16. The number of aromatic nitrogens is 1. The average Bonchev–Trinajstić information content (AvgIpc) is 3.02. The van der Waals surface area contributed by atoms with Crippen LogP contribution in [0.15, 0.2) is 53.6 Å². The lowest BCUT2D eigenvalue weighted by Gasteiger charge is -2.34. The molecule has 25 heavy (non-hydrogen) atoms. The molecule has 0 saturated heterocycles. The molecule has 1 aromatic heterocycles. The SMILES string of the molecule is CC1c2cccn2CCN1C(=O)C=Cc1ccc(SC(F)(F)F)cc1. The molecule has 1 aliphatic rings. The molecular formula is C18H17F3N2OS. The fraction of sp³-hybridized carbons (Fsp3) is 0.278. The predicted octanol–water partition coefficient (Wildman–Crippen LogP) is 4.72. The van der Waals surface area contributed by atoms with Crippen molar-refractivity contribution in [3.63, 3.8) is 0 Å². The van der Waals surface area contributed by atoms with Crippen LogP contribution in [0.2, 0.25) is 0 Å². The second-order valence-electron chi connectivity index (χ2n) is 5.78. The Balaban J connectivity index is 1.65. The summed E-state index contributed by atoms with van der Waals surface area (Å²) >= 11 is -0.150. The maximum Gasteiger partial charge on any atom is 0.446 e. The Bertz CT molecular complexity index is 780. The third-order valence-corrected chi connectivity index (χ3v) is 4.90. The number of amides is 1. The summed E-state index contributed by atoms with van der Waals surface area (Å²) in [4.78, 5) is 14.4. The van der Waals surface area contributed by atoms with Gasteiger partial charge in [-0.2, -0.15) is 13.2 Å². The van der Waals surface area contributed by atoms with Crippen molar-refractivity contribution in [2.75, 3.05) is 6.54 Å². The lowest BCUT2D eigenvalue weighted by Crippen LogP contribution is -2.39. The molecule has 3 nitrogen and oxygen atoms in total. The monoisotopic (exact) mass is 366 g/mol. The second kappa shape index (κ2) is 7.00. The molecule has 1 aliphatic heterocycles. The maximum atomic E-state index is 12.4. The summed E-state index contributed by atoms with van der Waals surface area (Å²) in [5, 5.41) is 0. The summed E-state index contributed by atoms with van der Waals surface area (Å²) in [6, 6.07) is 9.91. The highest BCUT2D eigenvalue weighted by Crippen LogP contribution is 2.36. The minimum absolute atomic E-state index is 0.00791. The Labute approximate surface area is 148 Å². The first kappa shape index (κ1) is 17.7. The molecule has 0 saturated carbocycles. The van der Waals surface area contributed by atoms with Crippen molar-refractivity contribution in [3.8, 4) is 0 Å². The minimum Gasteiger partial charge on any atom is -0.348 e. The molecular weight excluding hydrogens is 349 g/mol. The Kier molecular flexibility index (Phi) is 4.94. The van der Waals surface area contributed by atoms with E-state index in [2.05, 4.69) is 4.57 Å². The predicted molar refractivity (Wildman–Crippen MR) is 91.9 cm³/mol. The first-order chi connectivity index (χ1) is 11.8. The van der Waals surface area contributed by atoms with E-state index in [-0.39, 0.29) is 28.6 Å². The van der Waals surface area contributed by atoms with E-state index in [1.165, 1.54) is 18.2 Å². The number of fused-ring (bicyclic) bond motifs is 1. The molecule has 0 aliphatic carbocycles. The molecule has 1 atom stereocenters. The maximum absolute atomic E-state index is 12.4. The third kappa shape index (κ3) is 4.28. The van der Waals surface area contributed by atoms with Gasteiger partial charge in [0, 0.05) is 36.0 Å². The number of rotatable bonds is 3. The van der Waals surface area contributed by atoms with E-state index in [9.17, 15) is 18.0 Å². The van der Waals surface area contributed by atoms with E-state index in [1.54, 1.807) is 23.1 Å². The van der Waals surface area contributed by atoms with E-state index in [0.29, 0.717) is 12.1 Å². The van der Waals surface area contributed by atoms with Crippen LogP contribution in [0.1, 0.15) is 24.2 Å². The average molecular weight is 366 g/mol. The first-order valence-electron chi connectivity index (χ1n) is 7.83. The highest BCUT2D eigenvalue weighted by atomic mass is 32.2. The van der Waals surface area contributed by atoms with E-state index in [4.69, 9.17) is 0 Å². The van der Waals surface area contributed by atoms with Crippen LogP contribution in [-0.4, -0.2) is 27.4 Å². The summed E-state index contributed by atoms with van der Waals surface area (Å²) in [5.74, 6) is -0.103. The van der Waals surface area contributed by atoms with Crippen LogP contribution in [0, 0.1) is 0 Å². The van der Waals surface area contributed by atoms with Gasteiger partial charge in [-0.1, -0.05) is 12.1 Å². The summed E-state index contributed by atoms with van der Waals surface area (Å²) in [6.45, 7) is 3.38. The quantitative estimate of drug-likeness (QED) is 0.580. The van der Waals surface area contributed by atoms with Crippen molar-refractivity contribution in [3.05, 3.63) is 59.9 Å². The van der Waals surface area contributed by atoms with Gasteiger partial charge in [-0.05, 0) is 54.6 Å². The van der Waals surface area contributed by atoms with Gasteiger partial charge in [-0.25, -0.2) is 0 Å². The first-order valence-corrected chi connectivity index (χ1v) is 8.65. The number of alkyl halides is 3. The summed E-state index contributed by atoms with van der Waals surface area (Å²) in [5.41, 5.74) is -2.51. The van der Waals surface area contributed by atoms with Crippen molar-refractivity contribution in [1.29, 1.82) is 0 Å². The van der Waals surface area contributed by atoms with Crippen molar-refractivity contribution in [1.82, 2.24) is 9.47 Å². The van der Waals surface area contributed by atoms with Crippen molar-refractivity contribution >= 4 is 23.7 Å². The van der Waals surface area contributed by atoms with Crippen LogP contribution in [0.4, 0.5) is 13.2 Å². The molecule has 0 spiro atoms. The molecule has 0 radical (unpaired) electrons.